The van der Waals surface area contributed by atoms with Crippen molar-refractivity contribution < 1.29 is 18.0 Å². The molecule has 1 aromatic carbocycles. The lowest BCUT2D eigenvalue weighted by Crippen LogP contribution is -2.51. The molecule has 0 spiro atoms. The number of nitrogens with one attached hydrogen (secondary N) is 1. The number of carbonyl (C=O) groups is 2. The number of hydrogen-bond donors (Lipinski definition) is 1. The number of hydrogen-bond acceptors (Lipinski definition) is 5. The van der Waals surface area contributed by atoms with Crippen molar-refractivity contribution >= 4 is 21.7 Å². The topological polar surface area (TPSA) is 86.8 Å². The van der Waals surface area contributed by atoms with Crippen molar-refractivity contribution in [2.75, 3.05) is 45.2 Å². The Morgan fingerprint density at radius 2 is 1.72 bits per heavy atom. The first kappa shape index (κ1) is 19.4. The second-order valence-corrected chi connectivity index (χ2v) is 8.68. The fourth-order valence-corrected chi connectivity index (χ4v) is 3.21. The minimum atomic E-state index is -3.23. The average Bonchev–Trinajstić information content (AvgIpc) is 2.58. The summed E-state index contributed by atoms with van der Waals surface area (Å²) in [5.41, 5.74) is 0.694. The minimum absolute atomic E-state index is 0.155. The van der Waals surface area contributed by atoms with E-state index in [1.54, 1.807) is 17.0 Å². The molecule has 1 aliphatic rings. The lowest BCUT2D eigenvalue weighted by Gasteiger charge is -2.35. The summed E-state index contributed by atoms with van der Waals surface area (Å²) in [5.74, 6) is -0.836. The van der Waals surface area contributed by atoms with Gasteiger partial charge in [0.15, 0.2) is 0 Å². The molecule has 0 saturated carbocycles. The van der Waals surface area contributed by atoms with E-state index in [4.69, 9.17) is 0 Å². The van der Waals surface area contributed by atoms with Crippen LogP contribution < -0.4 is 5.32 Å². The van der Waals surface area contributed by atoms with Crippen LogP contribution in [0.15, 0.2) is 30.3 Å². The maximum Gasteiger partial charge on any atom is 0.249 e. The summed E-state index contributed by atoms with van der Waals surface area (Å²) in [5, 5.41) is 2.71. The van der Waals surface area contributed by atoms with Crippen LogP contribution in [-0.2, 0) is 19.4 Å². The molecule has 1 unspecified atom stereocenters. The normalized spacial score (nSPS) is 17.1. The van der Waals surface area contributed by atoms with Gasteiger partial charge in [-0.3, -0.25) is 9.59 Å². The van der Waals surface area contributed by atoms with Gasteiger partial charge in [0.25, 0.3) is 0 Å². The zero-order chi connectivity index (χ0) is 18.4. The molecule has 1 aliphatic heterocycles. The van der Waals surface area contributed by atoms with E-state index in [-0.39, 0.29) is 18.1 Å². The first-order valence-electron chi connectivity index (χ1n) is 8.25. The molecule has 0 bridgehead atoms. The summed E-state index contributed by atoms with van der Waals surface area (Å²) in [6.07, 6.45) is 0.933. The SMILES string of the molecule is CN1CCN(C(=O)C(NC(=O)CCS(C)(=O)=O)c2ccccc2)CC1. The van der Waals surface area contributed by atoms with Gasteiger partial charge in [-0.05, 0) is 12.6 Å². The van der Waals surface area contributed by atoms with Gasteiger partial charge in [-0.15, -0.1) is 0 Å². The Kier molecular flexibility index (Phi) is 6.55. The molecule has 8 heteroatoms. The minimum Gasteiger partial charge on any atom is -0.341 e. The van der Waals surface area contributed by atoms with E-state index in [9.17, 15) is 18.0 Å². The van der Waals surface area contributed by atoms with Crippen molar-refractivity contribution in [1.82, 2.24) is 15.1 Å². The Labute approximate surface area is 148 Å². The molecule has 0 aliphatic carbocycles. The third-order valence-electron chi connectivity index (χ3n) is 4.20. The van der Waals surface area contributed by atoms with Crippen LogP contribution in [0.4, 0.5) is 0 Å². The predicted molar refractivity (Wildman–Crippen MR) is 95.7 cm³/mol. The highest BCUT2D eigenvalue weighted by atomic mass is 32.2. The molecule has 138 valence electrons. The van der Waals surface area contributed by atoms with Gasteiger partial charge in [-0.2, -0.15) is 0 Å². The van der Waals surface area contributed by atoms with E-state index in [2.05, 4.69) is 10.2 Å². The maximum absolute atomic E-state index is 12.9. The molecule has 1 aromatic rings. The number of likely N-dealkylation sites (N-methyl/N-ethyl adjacent to an activating group) is 1. The van der Waals surface area contributed by atoms with E-state index in [0.29, 0.717) is 18.7 Å². The Morgan fingerprint density at radius 1 is 1.12 bits per heavy atom. The monoisotopic (exact) mass is 367 g/mol. The number of carbonyl (C=O) groups excluding carboxylic acids is 2. The Morgan fingerprint density at radius 3 is 2.28 bits per heavy atom. The van der Waals surface area contributed by atoms with E-state index >= 15 is 0 Å². The largest absolute Gasteiger partial charge is 0.341 e. The second kappa shape index (κ2) is 8.44. The predicted octanol–water partition coefficient (Wildman–Crippen LogP) is 0.0526. The Hall–Kier alpha value is -1.93. The van der Waals surface area contributed by atoms with Gasteiger partial charge >= 0.3 is 0 Å². The van der Waals surface area contributed by atoms with Crippen LogP contribution in [0.2, 0.25) is 0 Å². The lowest BCUT2D eigenvalue weighted by atomic mass is 10.0. The van der Waals surface area contributed by atoms with E-state index in [1.807, 2.05) is 25.2 Å². The Balaban J connectivity index is 2.11. The van der Waals surface area contributed by atoms with Crippen LogP contribution in [0.25, 0.3) is 0 Å². The van der Waals surface area contributed by atoms with Crippen molar-refractivity contribution in [2.24, 2.45) is 0 Å². The van der Waals surface area contributed by atoms with E-state index in [0.717, 1.165) is 19.3 Å². The van der Waals surface area contributed by atoms with Crippen molar-refractivity contribution in [3.63, 3.8) is 0 Å². The van der Waals surface area contributed by atoms with Crippen LogP contribution in [0.3, 0.4) is 0 Å². The zero-order valence-corrected chi connectivity index (χ0v) is 15.5. The molecule has 1 fully saturated rings. The highest BCUT2D eigenvalue weighted by molar-refractivity contribution is 7.90. The zero-order valence-electron chi connectivity index (χ0n) is 14.6. The van der Waals surface area contributed by atoms with Crippen LogP contribution >= 0.6 is 0 Å². The molecular weight excluding hydrogens is 342 g/mol. The second-order valence-electron chi connectivity index (χ2n) is 6.42. The first-order valence-corrected chi connectivity index (χ1v) is 10.3. The summed E-state index contributed by atoms with van der Waals surface area (Å²) < 4.78 is 22.5. The highest BCUT2D eigenvalue weighted by Gasteiger charge is 2.29. The first-order chi connectivity index (χ1) is 11.8. The number of benzene rings is 1. The van der Waals surface area contributed by atoms with E-state index in [1.165, 1.54) is 0 Å². The fraction of sp³-hybridized carbons (Fsp3) is 0.529. The molecular formula is C17H25N3O4S. The standard InChI is InChI=1S/C17H25N3O4S/c1-19-9-11-20(12-10-19)17(22)16(14-6-4-3-5-7-14)18-15(21)8-13-25(2,23)24/h3-7,16H,8-13H2,1-2H3,(H,18,21). The fourth-order valence-electron chi connectivity index (χ4n) is 2.65. The van der Waals surface area contributed by atoms with Crippen LogP contribution in [0.1, 0.15) is 18.0 Å². The van der Waals surface area contributed by atoms with Gasteiger partial charge in [0.05, 0.1) is 5.75 Å². The summed E-state index contributed by atoms with van der Waals surface area (Å²) in [6.45, 7) is 2.79. The third kappa shape index (κ3) is 6.13. The molecule has 25 heavy (non-hydrogen) atoms. The number of amides is 2. The summed E-state index contributed by atoms with van der Waals surface area (Å²) in [7, 11) is -1.22. The third-order valence-corrected chi connectivity index (χ3v) is 5.15. The number of piperazine rings is 1. The summed E-state index contributed by atoms with van der Waals surface area (Å²) in [6, 6.07) is 8.23. The van der Waals surface area contributed by atoms with Gasteiger partial charge in [-0.1, -0.05) is 30.3 Å². The van der Waals surface area contributed by atoms with Crippen molar-refractivity contribution in [3.8, 4) is 0 Å². The summed E-state index contributed by atoms with van der Waals surface area (Å²) in [4.78, 5) is 29.0. The molecule has 0 radical (unpaired) electrons. The van der Waals surface area contributed by atoms with Gasteiger partial charge < -0.3 is 15.1 Å². The molecule has 7 nitrogen and oxygen atoms in total. The molecule has 0 aromatic heterocycles. The molecule has 2 rings (SSSR count). The van der Waals surface area contributed by atoms with Crippen molar-refractivity contribution in [1.29, 1.82) is 0 Å². The number of nitrogens with zero attached hydrogens (tertiary/aromatic N) is 2. The van der Waals surface area contributed by atoms with Gasteiger partial charge in [0.2, 0.25) is 11.8 Å². The highest BCUT2D eigenvalue weighted by Crippen LogP contribution is 2.17. The average molecular weight is 367 g/mol. The molecule has 1 heterocycles. The lowest BCUT2D eigenvalue weighted by molar-refractivity contribution is -0.138. The quantitative estimate of drug-likeness (QED) is 0.768. The van der Waals surface area contributed by atoms with Gasteiger partial charge in [0.1, 0.15) is 15.9 Å². The number of rotatable bonds is 6. The summed E-state index contributed by atoms with van der Waals surface area (Å²) >= 11 is 0. The smallest absolute Gasteiger partial charge is 0.249 e. The van der Waals surface area contributed by atoms with Crippen LogP contribution in [0, 0.1) is 0 Å². The van der Waals surface area contributed by atoms with Crippen LogP contribution in [-0.4, -0.2) is 75.3 Å². The molecule has 2 amide bonds. The molecule has 1 N–H and O–H groups in total. The van der Waals surface area contributed by atoms with Crippen molar-refractivity contribution in [3.05, 3.63) is 35.9 Å². The Bertz CT molecular complexity index is 698. The maximum atomic E-state index is 12.9. The molecule has 1 saturated heterocycles. The van der Waals surface area contributed by atoms with Gasteiger partial charge in [0, 0.05) is 38.9 Å². The van der Waals surface area contributed by atoms with E-state index < -0.39 is 21.8 Å². The van der Waals surface area contributed by atoms with Crippen molar-refractivity contribution in [2.45, 2.75) is 12.5 Å². The molecule has 1 atom stereocenters. The van der Waals surface area contributed by atoms with Crippen LogP contribution in [0.5, 0.6) is 0 Å². The number of sulfone groups is 1. The van der Waals surface area contributed by atoms with Gasteiger partial charge in [-0.25, -0.2) is 8.42 Å².